The maximum absolute atomic E-state index is 12.5. The summed E-state index contributed by atoms with van der Waals surface area (Å²) in [5, 5.41) is 3.51. The van der Waals surface area contributed by atoms with Crippen LogP contribution in [0.4, 0.5) is 5.69 Å². The van der Waals surface area contributed by atoms with Crippen molar-refractivity contribution in [1.82, 2.24) is 4.90 Å². The van der Waals surface area contributed by atoms with E-state index in [0.29, 0.717) is 12.1 Å². The molecule has 0 spiro atoms. The molecule has 0 aliphatic carbocycles. The standard InChI is InChI=1S/C17H24N2O2/c1-12-5-4-6-13(9-12)18-17(16(20)21-3)10-14-7-8-15(11-17)19(14)2/h4-6,9,14-15,18H,7-8,10-11H2,1-3H3. The number of piperidine rings is 1. The average molecular weight is 288 g/mol. The molecule has 4 heteroatoms. The van der Waals surface area contributed by atoms with E-state index in [1.807, 2.05) is 12.1 Å². The number of hydrogen-bond donors (Lipinski definition) is 1. The number of carbonyl (C=O) groups is 1. The number of rotatable bonds is 3. The van der Waals surface area contributed by atoms with Gasteiger partial charge in [0.05, 0.1) is 7.11 Å². The number of ether oxygens (including phenoxy) is 1. The van der Waals surface area contributed by atoms with Crippen LogP contribution in [0.2, 0.25) is 0 Å². The second kappa shape index (κ2) is 5.34. The fourth-order valence-corrected chi connectivity index (χ4v) is 3.98. The van der Waals surface area contributed by atoms with Crippen LogP contribution in [-0.2, 0) is 9.53 Å². The zero-order valence-electron chi connectivity index (χ0n) is 13.1. The number of hydrogen-bond acceptors (Lipinski definition) is 4. The first-order valence-corrected chi connectivity index (χ1v) is 7.69. The summed E-state index contributed by atoms with van der Waals surface area (Å²) >= 11 is 0. The number of fused-ring (bicyclic) bond motifs is 2. The summed E-state index contributed by atoms with van der Waals surface area (Å²) in [5.74, 6) is -0.131. The van der Waals surface area contributed by atoms with E-state index in [1.54, 1.807) is 0 Å². The SMILES string of the molecule is COC(=O)C1(Nc2cccc(C)c2)CC2CCC(C1)N2C. The smallest absolute Gasteiger partial charge is 0.331 e. The van der Waals surface area contributed by atoms with Gasteiger partial charge in [-0.2, -0.15) is 0 Å². The van der Waals surface area contributed by atoms with E-state index in [-0.39, 0.29) is 5.97 Å². The van der Waals surface area contributed by atoms with Gasteiger partial charge in [-0.1, -0.05) is 12.1 Å². The molecule has 0 aromatic heterocycles. The van der Waals surface area contributed by atoms with Crippen molar-refractivity contribution in [2.75, 3.05) is 19.5 Å². The second-order valence-corrected chi connectivity index (χ2v) is 6.53. The molecule has 21 heavy (non-hydrogen) atoms. The fraction of sp³-hybridized carbons (Fsp3) is 0.588. The molecule has 2 bridgehead atoms. The summed E-state index contributed by atoms with van der Waals surface area (Å²) in [4.78, 5) is 14.9. The van der Waals surface area contributed by atoms with Gasteiger partial charge in [-0.15, -0.1) is 0 Å². The molecule has 1 aromatic rings. The minimum absolute atomic E-state index is 0.131. The molecule has 0 amide bonds. The summed E-state index contributed by atoms with van der Waals surface area (Å²) < 4.78 is 5.14. The number of aryl methyl sites for hydroxylation is 1. The van der Waals surface area contributed by atoms with Crippen molar-refractivity contribution >= 4 is 11.7 Å². The lowest BCUT2D eigenvalue weighted by Crippen LogP contribution is -2.58. The van der Waals surface area contributed by atoms with Crippen molar-refractivity contribution in [2.45, 2.75) is 50.2 Å². The summed E-state index contributed by atoms with van der Waals surface area (Å²) in [7, 11) is 3.67. The maximum atomic E-state index is 12.5. The van der Waals surface area contributed by atoms with Crippen LogP contribution in [0, 0.1) is 6.92 Å². The van der Waals surface area contributed by atoms with E-state index in [0.717, 1.165) is 18.5 Å². The van der Waals surface area contributed by atoms with Crippen molar-refractivity contribution in [2.24, 2.45) is 0 Å². The zero-order valence-corrected chi connectivity index (χ0v) is 13.1. The van der Waals surface area contributed by atoms with Crippen LogP contribution in [-0.4, -0.2) is 42.6 Å². The van der Waals surface area contributed by atoms with Gasteiger partial charge in [0.25, 0.3) is 0 Å². The predicted molar refractivity (Wildman–Crippen MR) is 83.4 cm³/mol. The molecular formula is C17H24N2O2. The van der Waals surface area contributed by atoms with Crippen LogP contribution in [0.5, 0.6) is 0 Å². The van der Waals surface area contributed by atoms with E-state index < -0.39 is 5.54 Å². The lowest BCUT2D eigenvalue weighted by Gasteiger charge is -2.44. The zero-order chi connectivity index (χ0) is 15.0. The molecule has 2 aliphatic heterocycles. The Balaban J connectivity index is 1.90. The number of carbonyl (C=O) groups excluding carboxylic acids is 1. The van der Waals surface area contributed by atoms with Gasteiger partial charge in [-0.25, -0.2) is 4.79 Å². The Kier molecular flexibility index (Phi) is 3.66. The molecule has 2 fully saturated rings. The topological polar surface area (TPSA) is 41.6 Å². The van der Waals surface area contributed by atoms with Crippen LogP contribution in [0.3, 0.4) is 0 Å². The maximum Gasteiger partial charge on any atom is 0.331 e. The van der Waals surface area contributed by atoms with Gasteiger partial charge in [0.1, 0.15) is 5.54 Å². The van der Waals surface area contributed by atoms with E-state index in [2.05, 4.69) is 36.3 Å². The molecule has 0 radical (unpaired) electrons. The predicted octanol–water partition coefficient (Wildman–Crippen LogP) is 2.58. The van der Waals surface area contributed by atoms with Crippen LogP contribution in [0.25, 0.3) is 0 Å². The summed E-state index contributed by atoms with van der Waals surface area (Å²) in [5.41, 5.74) is 1.61. The molecule has 2 unspecified atom stereocenters. The number of esters is 1. The van der Waals surface area contributed by atoms with Crippen molar-refractivity contribution in [3.05, 3.63) is 29.8 Å². The number of methoxy groups -OCH3 is 1. The third kappa shape index (κ3) is 2.53. The lowest BCUT2D eigenvalue weighted by atomic mass is 9.82. The molecule has 3 rings (SSSR count). The average Bonchev–Trinajstić information content (AvgIpc) is 2.69. The number of nitrogens with one attached hydrogen (secondary N) is 1. The molecule has 2 aliphatic rings. The van der Waals surface area contributed by atoms with Gasteiger partial charge < -0.3 is 15.0 Å². The van der Waals surface area contributed by atoms with Gasteiger partial charge in [-0.05, 0) is 57.4 Å². The van der Waals surface area contributed by atoms with E-state index in [1.165, 1.54) is 25.5 Å². The minimum Gasteiger partial charge on any atom is -0.467 e. The molecule has 2 heterocycles. The Morgan fingerprint density at radius 2 is 2.00 bits per heavy atom. The van der Waals surface area contributed by atoms with Crippen molar-refractivity contribution in [3.8, 4) is 0 Å². The van der Waals surface area contributed by atoms with Crippen LogP contribution < -0.4 is 5.32 Å². The lowest BCUT2D eigenvalue weighted by molar-refractivity contribution is -0.148. The third-order valence-corrected chi connectivity index (χ3v) is 5.13. The Labute approximate surface area is 126 Å². The molecule has 1 N–H and O–H groups in total. The van der Waals surface area contributed by atoms with Gasteiger partial charge >= 0.3 is 5.97 Å². The Morgan fingerprint density at radius 1 is 1.33 bits per heavy atom. The molecule has 1 aromatic carbocycles. The van der Waals surface area contributed by atoms with Gasteiger partial charge in [-0.3, -0.25) is 0 Å². The molecule has 4 nitrogen and oxygen atoms in total. The highest BCUT2D eigenvalue weighted by molar-refractivity contribution is 5.85. The largest absolute Gasteiger partial charge is 0.467 e. The number of benzene rings is 1. The highest BCUT2D eigenvalue weighted by Crippen LogP contribution is 2.42. The molecule has 2 atom stereocenters. The molecule has 114 valence electrons. The monoisotopic (exact) mass is 288 g/mol. The van der Waals surface area contributed by atoms with Crippen molar-refractivity contribution in [1.29, 1.82) is 0 Å². The Bertz CT molecular complexity index is 529. The second-order valence-electron chi connectivity index (χ2n) is 6.53. The molecule has 0 saturated carbocycles. The Morgan fingerprint density at radius 3 is 2.57 bits per heavy atom. The first-order valence-electron chi connectivity index (χ1n) is 7.69. The first kappa shape index (κ1) is 14.4. The number of anilines is 1. The first-order chi connectivity index (χ1) is 10.0. The summed E-state index contributed by atoms with van der Waals surface area (Å²) in [6.45, 7) is 2.06. The fourth-order valence-electron chi connectivity index (χ4n) is 3.98. The highest BCUT2D eigenvalue weighted by Gasteiger charge is 2.51. The third-order valence-electron chi connectivity index (χ3n) is 5.13. The summed E-state index contributed by atoms with van der Waals surface area (Å²) in [6.07, 6.45) is 3.99. The van der Waals surface area contributed by atoms with Crippen LogP contribution in [0.1, 0.15) is 31.2 Å². The van der Waals surface area contributed by atoms with Gasteiger partial charge in [0, 0.05) is 17.8 Å². The van der Waals surface area contributed by atoms with Crippen LogP contribution in [0.15, 0.2) is 24.3 Å². The number of nitrogens with zero attached hydrogens (tertiary/aromatic N) is 1. The summed E-state index contributed by atoms with van der Waals surface area (Å²) in [6, 6.07) is 9.14. The quantitative estimate of drug-likeness (QED) is 0.868. The normalized spacial score (nSPS) is 32.0. The Hall–Kier alpha value is -1.55. The molecular weight excluding hydrogens is 264 g/mol. The van der Waals surface area contributed by atoms with Gasteiger partial charge in [0.2, 0.25) is 0 Å². The van der Waals surface area contributed by atoms with E-state index >= 15 is 0 Å². The molecule has 2 saturated heterocycles. The van der Waals surface area contributed by atoms with Crippen LogP contribution >= 0.6 is 0 Å². The van der Waals surface area contributed by atoms with Crippen molar-refractivity contribution in [3.63, 3.8) is 0 Å². The van der Waals surface area contributed by atoms with Gasteiger partial charge in [0.15, 0.2) is 0 Å². The minimum atomic E-state index is -0.582. The van der Waals surface area contributed by atoms with E-state index in [9.17, 15) is 4.79 Å². The highest BCUT2D eigenvalue weighted by atomic mass is 16.5. The van der Waals surface area contributed by atoms with Crippen molar-refractivity contribution < 1.29 is 9.53 Å². The van der Waals surface area contributed by atoms with E-state index in [4.69, 9.17) is 4.74 Å².